The minimum absolute atomic E-state index is 0.108. The van der Waals surface area contributed by atoms with Crippen LogP contribution in [0.25, 0.3) is 33.2 Å². The predicted octanol–water partition coefficient (Wildman–Crippen LogP) is 2.98. The highest BCUT2D eigenvalue weighted by Crippen LogP contribution is 2.31. The molecule has 0 aliphatic heterocycles. The number of benzene rings is 1. The molecule has 4 rings (SSSR count). The molecule has 1 aromatic carbocycles. The SMILES string of the molecule is Cn1cc(-c2ccc(-c3cnc(N)c4ncc(C(=O)O)cc34)cc2)cn1. The van der Waals surface area contributed by atoms with E-state index in [1.807, 2.05) is 37.5 Å². The topological polar surface area (TPSA) is 107 Å². The van der Waals surface area contributed by atoms with Gasteiger partial charge in [-0.25, -0.2) is 9.78 Å². The normalized spacial score (nSPS) is 11.0. The number of carboxylic acid groups (broad SMARTS) is 1. The molecule has 7 heteroatoms. The number of nitrogens with two attached hydrogens (primary N) is 1. The van der Waals surface area contributed by atoms with Crippen molar-refractivity contribution in [3.63, 3.8) is 0 Å². The fourth-order valence-electron chi connectivity index (χ4n) is 2.90. The number of nitrogen functional groups attached to an aromatic ring is 1. The third kappa shape index (κ3) is 2.65. The van der Waals surface area contributed by atoms with Crippen molar-refractivity contribution in [1.29, 1.82) is 0 Å². The predicted molar refractivity (Wildman–Crippen MR) is 98.5 cm³/mol. The van der Waals surface area contributed by atoms with Crippen LogP contribution in [0.15, 0.2) is 55.1 Å². The zero-order valence-corrected chi connectivity index (χ0v) is 13.9. The summed E-state index contributed by atoms with van der Waals surface area (Å²) >= 11 is 0. The lowest BCUT2D eigenvalue weighted by atomic mass is 9.99. The Labute approximate surface area is 148 Å². The van der Waals surface area contributed by atoms with Crippen LogP contribution in [0, 0.1) is 0 Å². The Balaban J connectivity index is 1.84. The quantitative estimate of drug-likeness (QED) is 0.591. The molecule has 0 unspecified atom stereocenters. The first-order valence-corrected chi connectivity index (χ1v) is 7.90. The molecule has 0 aliphatic carbocycles. The molecule has 3 heterocycles. The Bertz CT molecular complexity index is 1130. The van der Waals surface area contributed by atoms with Crippen molar-refractivity contribution in [2.45, 2.75) is 0 Å². The molecule has 0 fully saturated rings. The number of hydrogen-bond acceptors (Lipinski definition) is 5. The lowest BCUT2D eigenvalue weighted by molar-refractivity contribution is 0.0696. The van der Waals surface area contributed by atoms with E-state index in [2.05, 4.69) is 15.1 Å². The number of aromatic carboxylic acids is 1. The van der Waals surface area contributed by atoms with Gasteiger partial charge in [-0.2, -0.15) is 5.10 Å². The summed E-state index contributed by atoms with van der Waals surface area (Å²) in [4.78, 5) is 19.7. The van der Waals surface area contributed by atoms with Crippen LogP contribution in [0.1, 0.15) is 10.4 Å². The average Bonchev–Trinajstić information content (AvgIpc) is 3.08. The van der Waals surface area contributed by atoms with E-state index in [0.717, 1.165) is 22.3 Å². The molecular formula is C19H15N5O2. The second-order valence-corrected chi connectivity index (χ2v) is 5.96. The van der Waals surface area contributed by atoms with E-state index < -0.39 is 5.97 Å². The van der Waals surface area contributed by atoms with E-state index in [0.29, 0.717) is 10.9 Å². The highest BCUT2D eigenvalue weighted by Gasteiger charge is 2.13. The zero-order valence-electron chi connectivity index (χ0n) is 13.9. The molecule has 4 aromatic rings. The van der Waals surface area contributed by atoms with Crippen LogP contribution in [-0.2, 0) is 7.05 Å². The number of pyridine rings is 2. The summed E-state index contributed by atoms with van der Waals surface area (Å²) in [5.74, 6) is -0.764. The molecule has 128 valence electrons. The zero-order chi connectivity index (χ0) is 18.3. The highest BCUT2D eigenvalue weighted by atomic mass is 16.4. The van der Waals surface area contributed by atoms with Gasteiger partial charge in [0.05, 0.1) is 11.8 Å². The van der Waals surface area contributed by atoms with Gasteiger partial charge in [-0.05, 0) is 17.2 Å². The van der Waals surface area contributed by atoms with E-state index in [4.69, 9.17) is 5.73 Å². The second-order valence-electron chi connectivity index (χ2n) is 5.96. The molecule has 0 bridgehead atoms. The van der Waals surface area contributed by atoms with Crippen LogP contribution >= 0.6 is 0 Å². The Hall–Kier alpha value is -3.74. The first kappa shape index (κ1) is 15.8. The number of carbonyl (C=O) groups is 1. The van der Waals surface area contributed by atoms with E-state index in [9.17, 15) is 9.90 Å². The Morgan fingerprint density at radius 2 is 1.77 bits per heavy atom. The fourth-order valence-corrected chi connectivity index (χ4v) is 2.90. The Morgan fingerprint density at radius 3 is 2.42 bits per heavy atom. The molecule has 0 aliphatic rings. The van der Waals surface area contributed by atoms with Crippen LogP contribution in [0.5, 0.6) is 0 Å². The third-order valence-electron chi connectivity index (χ3n) is 4.23. The van der Waals surface area contributed by atoms with Crippen molar-refractivity contribution in [2.24, 2.45) is 7.05 Å². The van der Waals surface area contributed by atoms with E-state index in [1.165, 1.54) is 6.20 Å². The van der Waals surface area contributed by atoms with E-state index >= 15 is 0 Å². The van der Waals surface area contributed by atoms with Crippen LogP contribution in [0.2, 0.25) is 0 Å². The van der Waals surface area contributed by atoms with Gasteiger partial charge in [-0.3, -0.25) is 9.67 Å². The summed E-state index contributed by atoms with van der Waals surface area (Å²) in [5, 5.41) is 14.1. The number of carboxylic acids is 1. The lowest BCUT2D eigenvalue weighted by Gasteiger charge is -2.09. The van der Waals surface area contributed by atoms with Gasteiger partial charge in [-0.15, -0.1) is 0 Å². The minimum atomic E-state index is -1.03. The van der Waals surface area contributed by atoms with Crippen molar-refractivity contribution < 1.29 is 9.90 Å². The van der Waals surface area contributed by atoms with Gasteiger partial charge in [0.25, 0.3) is 0 Å². The second kappa shape index (κ2) is 5.96. The molecule has 26 heavy (non-hydrogen) atoms. The van der Waals surface area contributed by atoms with Gasteiger partial charge in [0.1, 0.15) is 11.3 Å². The maximum absolute atomic E-state index is 11.3. The van der Waals surface area contributed by atoms with Crippen LogP contribution in [0.4, 0.5) is 5.82 Å². The molecule has 0 saturated carbocycles. The van der Waals surface area contributed by atoms with Crippen molar-refractivity contribution in [3.05, 3.63) is 60.7 Å². The first-order valence-electron chi connectivity index (χ1n) is 7.90. The Kier molecular flexibility index (Phi) is 3.62. The monoisotopic (exact) mass is 345 g/mol. The fraction of sp³-hybridized carbons (Fsp3) is 0.0526. The molecular weight excluding hydrogens is 330 g/mol. The summed E-state index contributed by atoms with van der Waals surface area (Å²) < 4.78 is 1.75. The number of fused-ring (bicyclic) bond motifs is 1. The summed E-state index contributed by atoms with van der Waals surface area (Å²) in [6.45, 7) is 0. The maximum Gasteiger partial charge on any atom is 0.337 e. The van der Waals surface area contributed by atoms with Crippen LogP contribution in [0.3, 0.4) is 0 Å². The van der Waals surface area contributed by atoms with Crippen molar-refractivity contribution >= 4 is 22.7 Å². The van der Waals surface area contributed by atoms with E-state index in [1.54, 1.807) is 23.1 Å². The van der Waals surface area contributed by atoms with Crippen molar-refractivity contribution in [3.8, 4) is 22.3 Å². The largest absolute Gasteiger partial charge is 0.478 e. The van der Waals surface area contributed by atoms with Gasteiger partial charge >= 0.3 is 5.97 Å². The van der Waals surface area contributed by atoms with Gasteiger partial charge < -0.3 is 10.8 Å². The van der Waals surface area contributed by atoms with Crippen molar-refractivity contribution in [2.75, 3.05) is 5.73 Å². The lowest BCUT2D eigenvalue weighted by Crippen LogP contribution is -2.00. The van der Waals surface area contributed by atoms with Gasteiger partial charge in [-0.1, -0.05) is 24.3 Å². The van der Waals surface area contributed by atoms with Crippen LogP contribution in [-0.4, -0.2) is 30.8 Å². The van der Waals surface area contributed by atoms with Crippen molar-refractivity contribution in [1.82, 2.24) is 19.7 Å². The molecule has 0 amide bonds. The molecule has 0 spiro atoms. The number of anilines is 1. The summed E-state index contributed by atoms with van der Waals surface area (Å²) in [6.07, 6.45) is 6.68. The van der Waals surface area contributed by atoms with Gasteiger partial charge in [0.15, 0.2) is 0 Å². The number of aryl methyl sites for hydroxylation is 1. The third-order valence-corrected chi connectivity index (χ3v) is 4.23. The summed E-state index contributed by atoms with van der Waals surface area (Å²) in [6, 6.07) is 9.48. The molecule has 3 aromatic heterocycles. The Morgan fingerprint density at radius 1 is 1.04 bits per heavy atom. The highest BCUT2D eigenvalue weighted by molar-refractivity contribution is 6.02. The van der Waals surface area contributed by atoms with Gasteiger partial charge in [0.2, 0.25) is 0 Å². The summed E-state index contributed by atoms with van der Waals surface area (Å²) in [5.41, 5.74) is 10.2. The number of hydrogen-bond donors (Lipinski definition) is 2. The number of nitrogens with zero attached hydrogens (tertiary/aromatic N) is 4. The number of rotatable bonds is 3. The number of aromatic nitrogens is 4. The van der Waals surface area contributed by atoms with Crippen LogP contribution < -0.4 is 5.73 Å². The maximum atomic E-state index is 11.3. The van der Waals surface area contributed by atoms with Gasteiger partial charge in [0, 0.05) is 42.2 Å². The molecule has 3 N–H and O–H groups in total. The standard InChI is InChI=1S/C19H15N5O2/c1-24-10-14(8-23-24)11-2-4-12(5-3-11)16-9-22-18(20)17-15(16)6-13(7-21-17)19(25)26/h2-10H,1H3,(H2,20,22)(H,25,26). The molecule has 0 radical (unpaired) electrons. The molecule has 0 saturated heterocycles. The smallest absolute Gasteiger partial charge is 0.337 e. The van der Waals surface area contributed by atoms with E-state index in [-0.39, 0.29) is 11.4 Å². The average molecular weight is 345 g/mol. The first-order chi connectivity index (χ1) is 12.5. The molecule has 7 nitrogen and oxygen atoms in total. The minimum Gasteiger partial charge on any atom is -0.478 e. The molecule has 0 atom stereocenters. The summed E-state index contributed by atoms with van der Waals surface area (Å²) in [7, 11) is 1.87.